The van der Waals surface area contributed by atoms with Crippen molar-refractivity contribution in [3.8, 4) is 5.75 Å². The van der Waals surface area contributed by atoms with Gasteiger partial charge >= 0.3 is 0 Å². The summed E-state index contributed by atoms with van der Waals surface area (Å²) in [5, 5.41) is 4.73. The average Bonchev–Trinajstić information content (AvgIpc) is 3.44. The van der Waals surface area contributed by atoms with Crippen molar-refractivity contribution < 1.29 is 9.53 Å². The molecule has 31 heavy (non-hydrogen) atoms. The Morgan fingerprint density at radius 1 is 1.39 bits per heavy atom. The summed E-state index contributed by atoms with van der Waals surface area (Å²) in [6, 6.07) is 9.28. The molecule has 2 fully saturated rings. The highest BCUT2D eigenvalue weighted by Gasteiger charge is 2.25. The van der Waals surface area contributed by atoms with Crippen molar-refractivity contribution in [1.29, 1.82) is 0 Å². The van der Waals surface area contributed by atoms with Gasteiger partial charge in [-0.25, -0.2) is 9.98 Å². The number of benzene rings is 1. The van der Waals surface area contributed by atoms with Gasteiger partial charge in [0.2, 0.25) is 0 Å². The molecule has 2 N–H and O–H groups in total. The van der Waals surface area contributed by atoms with Gasteiger partial charge in [-0.1, -0.05) is 11.6 Å². The number of amides is 1. The van der Waals surface area contributed by atoms with Gasteiger partial charge in [-0.15, -0.1) is 0 Å². The first-order chi connectivity index (χ1) is 15.0. The minimum Gasteiger partial charge on any atom is -0.489 e. The van der Waals surface area contributed by atoms with Crippen LogP contribution in [-0.2, 0) is 4.79 Å². The number of rotatable bonds is 4. The number of nitrogens with one attached hydrogen (secondary N) is 2. The van der Waals surface area contributed by atoms with Crippen LogP contribution in [0.5, 0.6) is 5.75 Å². The number of aliphatic imine (C=N–C) groups is 1. The molecule has 2 aliphatic heterocycles. The fourth-order valence-electron chi connectivity index (χ4n) is 3.66. The van der Waals surface area contributed by atoms with Gasteiger partial charge in [0.05, 0.1) is 15.6 Å². The first-order valence-electron chi connectivity index (χ1n) is 9.91. The number of carbonyl (C=O) groups excluding carboxylic acids is 1. The second kappa shape index (κ2) is 8.37. The first-order valence-corrected chi connectivity index (χ1v) is 11.1. The van der Waals surface area contributed by atoms with Crippen molar-refractivity contribution in [2.24, 2.45) is 4.99 Å². The lowest BCUT2D eigenvalue weighted by Gasteiger charge is -2.14. The van der Waals surface area contributed by atoms with E-state index in [1.807, 2.05) is 36.5 Å². The van der Waals surface area contributed by atoms with Gasteiger partial charge in [0.1, 0.15) is 17.5 Å². The summed E-state index contributed by atoms with van der Waals surface area (Å²) in [6.07, 6.45) is 6.58. The number of fused-ring (bicyclic) bond motifs is 1. The Balaban J connectivity index is 1.33. The molecule has 1 unspecified atom stereocenters. The fraction of sp³-hybridized carbons (Fsp3) is 0.227. The second-order valence-corrected chi connectivity index (χ2v) is 8.97. The molecular formula is C22H20ClN5O2S. The lowest BCUT2D eigenvalue weighted by atomic mass is 10.2. The van der Waals surface area contributed by atoms with E-state index in [1.165, 1.54) is 11.8 Å². The highest BCUT2D eigenvalue weighted by atomic mass is 35.5. The summed E-state index contributed by atoms with van der Waals surface area (Å²) >= 11 is 7.71. The Bertz CT molecular complexity index is 1220. The molecule has 5 rings (SSSR count). The summed E-state index contributed by atoms with van der Waals surface area (Å²) in [7, 11) is 2.08. The van der Waals surface area contributed by atoms with Gasteiger partial charge in [0.25, 0.3) is 5.91 Å². The van der Waals surface area contributed by atoms with Crippen LogP contribution in [0.25, 0.3) is 17.1 Å². The minimum absolute atomic E-state index is 0.176. The molecule has 2 aliphatic rings. The Morgan fingerprint density at radius 3 is 3.10 bits per heavy atom. The lowest BCUT2D eigenvalue weighted by molar-refractivity contribution is -0.115. The molecule has 1 amide bonds. The fourth-order valence-corrected chi connectivity index (χ4v) is 4.70. The third-order valence-electron chi connectivity index (χ3n) is 5.21. The number of hydrogen-bond donors (Lipinski definition) is 2. The van der Waals surface area contributed by atoms with E-state index in [2.05, 4.69) is 32.2 Å². The van der Waals surface area contributed by atoms with Crippen LogP contribution in [0.1, 0.15) is 12.0 Å². The summed E-state index contributed by atoms with van der Waals surface area (Å²) in [5.74, 6) is 0.536. The van der Waals surface area contributed by atoms with Crippen molar-refractivity contribution in [1.82, 2.24) is 20.2 Å². The average molecular weight is 454 g/mol. The maximum Gasteiger partial charge on any atom is 0.264 e. The molecule has 1 atom stereocenters. The van der Waals surface area contributed by atoms with Crippen LogP contribution in [0.15, 0.2) is 52.6 Å². The van der Waals surface area contributed by atoms with Gasteiger partial charge in [0, 0.05) is 42.5 Å². The van der Waals surface area contributed by atoms with Crippen LogP contribution in [0.4, 0.5) is 5.69 Å². The van der Waals surface area contributed by atoms with Crippen LogP contribution in [0.2, 0.25) is 5.02 Å². The molecule has 0 radical (unpaired) electrons. The maximum absolute atomic E-state index is 12.4. The SMILES string of the molecule is CN1CCC(Oc2ccc(N=C3NC(=O)C(=Cc4c[nH]c5ncccc45)S3)c(Cl)c2)C1. The molecule has 2 saturated heterocycles. The number of halogens is 1. The number of carbonyl (C=O) groups is 1. The summed E-state index contributed by atoms with van der Waals surface area (Å²) in [5.41, 5.74) is 2.27. The number of amidine groups is 1. The van der Waals surface area contributed by atoms with E-state index in [-0.39, 0.29) is 12.0 Å². The van der Waals surface area contributed by atoms with Gasteiger partial charge in [-0.2, -0.15) is 0 Å². The molecule has 0 bridgehead atoms. The summed E-state index contributed by atoms with van der Waals surface area (Å²) < 4.78 is 6.01. The highest BCUT2D eigenvalue weighted by Crippen LogP contribution is 2.34. The van der Waals surface area contributed by atoms with E-state index in [4.69, 9.17) is 16.3 Å². The zero-order chi connectivity index (χ0) is 21.4. The van der Waals surface area contributed by atoms with E-state index < -0.39 is 0 Å². The van der Waals surface area contributed by atoms with E-state index in [0.717, 1.165) is 41.9 Å². The number of likely N-dealkylation sites (N-methyl/N-ethyl adjacent to an activating group) is 1. The molecule has 0 saturated carbocycles. The van der Waals surface area contributed by atoms with Crippen molar-refractivity contribution >= 4 is 57.2 Å². The third-order valence-corrected chi connectivity index (χ3v) is 6.43. The molecule has 0 spiro atoms. The zero-order valence-corrected chi connectivity index (χ0v) is 18.3. The molecule has 1 aromatic carbocycles. The number of thioether (sulfide) groups is 1. The molecule has 7 nitrogen and oxygen atoms in total. The topological polar surface area (TPSA) is 82.6 Å². The maximum atomic E-state index is 12.4. The Morgan fingerprint density at radius 2 is 2.29 bits per heavy atom. The number of nitrogens with zero attached hydrogens (tertiary/aromatic N) is 3. The van der Waals surface area contributed by atoms with Gasteiger partial charge in [-0.05, 0) is 55.6 Å². The third kappa shape index (κ3) is 4.32. The standard InChI is InChI=1S/C22H20ClN5O2S/c1-28-8-6-15(12-28)30-14-4-5-18(17(23)10-14)26-22-27-21(29)19(31-22)9-13-11-25-20-16(13)3-2-7-24-20/h2-5,7,9-11,15H,6,8,12H2,1H3,(H,24,25)(H,26,27,29). The molecule has 158 valence electrons. The summed E-state index contributed by atoms with van der Waals surface area (Å²) in [6.45, 7) is 1.94. The second-order valence-electron chi connectivity index (χ2n) is 7.53. The van der Waals surface area contributed by atoms with Crippen molar-refractivity contribution in [3.63, 3.8) is 0 Å². The van der Waals surface area contributed by atoms with Crippen molar-refractivity contribution in [2.45, 2.75) is 12.5 Å². The number of ether oxygens (including phenoxy) is 1. The highest BCUT2D eigenvalue weighted by molar-refractivity contribution is 8.18. The quantitative estimate of drug-likeness (QED) is 0.579. The number of hydrogen-bond acceptors (Lipinski definition) is 6. The summed E-state index contributed by atoms with van der Waals surface area (Å²) in [4.78, 5) is 27.1. The van der Waals surface area contributed by atoms with Crippen LogP contribution in [0, 0.1) is 0 Å². The minimum atomic E-state index is -0.191. The van der Waals surface area contributed by atoms with Crippen LogP contribution in [0.3, 0.4) is 0 Å². The van der Waals surface area contributed by atoms with Crippen LogP contribution < -0.4 is 10.1 Å². The van der Waals surface area contributed by atoms with Gasteiger partial charge in [-0.3, -0.25) is 4.79 Å². The monoisotopic (exact) mass is 453 g/mol. The zero-order valence-electron chi connectivity index (χ0n) is 16.8. The number of pyridine rings is 1. The van der Waals surface area contributed by atoms with Gasteiger partial charge < -0.3 is 19.9 Å². The number of H-pyrrole nitrogens is 1. The Labute approximate surface area is 188 Å². The predicted octanol–water partition coefficient (Wildman–Crippen LogP) is 4.19. The normalized spacial score (nSPS) is 22.0. The molecule has 0 aliphatic carbocycles. The van der Waals surface area contributed by atoms with Crippen molar-refractivity contribution in [2.75, 3.05) is 20.1 Å². The van der Waals surface area contributed by atoms with E-state index in [1.54, 1.807) is 12.3 Å². The van der Waals surface area contributed by atoms with E-state index in [9.17, 15) is 4.79 Å². The molecule has 9 heteroatoms. The molecule has 2 aromatic heterocycles. The molecule has 4 heterocycles. The first kappa shape index (κ1) is 20.1. The predicted molar refractivity (Wildman–Crippen MR) is 125 cm³/mol. The number of likely N-dealkylation sites (tertiary alicyclic amines) is 1. The largest absolute Gasteiger partial charge is 0.489 e. The van der Waals surface area contributed by atoms with Crippen LogP contribution >= 0.6 is 23.4 Å². The Hall–Kier alpha value is -2.81. The van der Waals surface area contributed by atoms with Crippen molar-refractivity contribution in [3.05, 3.63) is 58.2 Å². The molecular weight excluding hydrogens is 434 g/mol. The van der Waals surface area contributed by atoms with E-state index in [0.29, 0.717) is 20.8 Å². The Kier molecular flexibility index (Phi) is 5.43. The lowest BCUT2D eigenvalue weighted by Crippen LogP contribution is -2.21. The van der Waals surface area contributed by atoms with Crippen LogP contribution in [-0.4, -0.2) is 52.2 Å². The number of aromatic amines is 1. The van der Waals surface area contributed by atoms with E-state index >= 15 is 0 Å². The number of aromatic nitrogens is 2. The van der Waals surface area contributed by atoms with Gasteiger partial charge in [0.15, 0.2) is 5.17 Å². The molecule has 3 aromatic rings. The smallest absolute Gasteiger partial charge is 0.264 e.